The Bertz CT molecular complexity index is 492. The molecule has 3 nitrogen and oxygen atoms in total. The van der Waals surface area contributed by atoms with Crippen LogP contribution in [-0.4, -0.2) is 14.2 Å². The van der Waals surface area contributed by atoms with E-state index in [0.29, 0.717) is 11.8 Å². The lowest BCUT2D eigenvalue weighted by molar-refractivity contribution is 0.140. The molecule has 2 N–H and O–H groups in total. The van der Waals surface area contributed by atoms with Gasteiger partial charge in [-0.3, -0.25) is 0 Å². The first kappa shape index (κ1) is 15.6. The Hall–Kier alpha value is -0.740. The van der Waals surface area contributed by atoms with Gasteiger partial charge in [-0.15, -0.1) is 0 Å². The van der Waals surface area contributed by atoms with Gasteiger partial charge in [-0.1, -0.05) is 26.7 Å². The molecule has 1 aliphatic carbocycles. The number of ether oxygens (including phenoxy) is 2. The average molecular weight is 342 g/mol. The highest BCUT2D eigenvalue weighted by atomic mass is 79.9. The fourth-order valence-corrected chi connectivity index (χ4v) is 4.01. The largest absolute Gasteiger partial charge is 0.495 e. The van der Waals surface area contributed by atoms with Crippen molar-refractivity contribution in [2.75, 3.05) is 14.2 Å². The number of rotatable bonds is 3. The second-order valence-electron chi connectivity index (χ2n) is 5.86. The first-order chi connectivity index (χ1) is 9.45. The molecule has 0 saturated heterocycles. The van der Waals surface area contributed by atoms with Crippen molar-refractivity contribution in [2.45, 2.75) is 38.6 Å². The third kappa shape index (κ3) is 2.44. The summed E-state index contributed by atoms with van der Waals surface area (Å²) in [5.41, 5.74) is 7.55. The van der Waals surface area contributed by atoms with Crippen LogP contribution in [-0.2, 0) is 5.54 Å². The quantitative estimate of drug-likeness (QED) is 0.900. The van der Waals surface area contributed by atoms with Crippen molar-refractivity contribution in [1.82, 2.24) is 0 Å². The van der Waals surface area contributed by atoms with Crippen LogP contribution in [0.3, 0.4) is 0 Å². The third-order valence-electron chi connectivity index (χ3n) is 4.90. The topological polar surface area (TPSA) is 44.5 Å². The fourth-order valence-electron chi connectivity index (χ4n) is 3.34. The maximum absolute atomic E-state index is 6.81. The summed E-state index contributed by atoms with van der Waals surface area (Å²) in [7, 11) is 3.34. The van der Waals surface area contributed by atoms with Crippen LogP contribution in [0.1, 0.15) is 38.7 Å². The maximum Gasteiger partial charge on any atom is 0.141 e. The number of hydrogen-bond donors (Lipinski definition) is 1. The zero-order chi connectivity index (χ0) is 14.9. The minimum Gasteiger partial charge on any atom is -0.495 e. The van der Waals surface area contributed by atoms with Gasteiger partial charge in [0.05, 0.1) is 14.2 Å². The molecule has 1 aliphatic rings. The number of hydrogen-bond acceptors (Lipinski definition) is 3. The average Bonchev–Trinajstić information content (AvgIpc) is 2.44. The standard InChI is InChI=1S/C16H24BrNO2/c1-10-6-5-9-16(18,11(10)2)12-7-8-13(19-3)14(17)15(12)20-4/h7-8,10-11H,5-6,9,18H2,1-4H3. The molecule has 20 heavy (non-hydrogen) atoms. The molecule has 3 unspecified atom stereocenters. The number of nitrogens with two attached hydrogens (primary N) is 1. The van der Waals surface area contributed by atoms with E-state index < -0.39 is 0 Å². The predicted octanol–water partition coefficient (Wildman–Crippen LogP) is 4.08. The van der Waals surface area contributed by atoms with Gasteiger partial charge in [0.15, 0.2) is 0 Å². The summed E-state index contributed by atoms with van der Waals surface area (Å²) >= 11 is 3.57. The summed E-state index contributed by atoms with van der Waals surface area (Å²) in [6.07, 6.45) is 3.40. The molecule has 1 aromatic rings. The Balaban J connectivity index is 2.53. The third-order valence-corrected chi connectivity index (χ3v) is 5.65. The Morgan fingerprint density at radius 3 is 2.55 bits per heavy atom. The summed E-state index contributed by atoms with van der Waals surface area (Å²) in [6.45, 7) is 4.54. The Morgan fingerprint density at radius 2 is 1.95 bits per heavy atom. The van der Waals surface area contributed by atoms with E-state index in [9.17, 15) is 0 Å². The lowest BCUT2D eigenvalue weighted by atomic mass is 9.65. The van der Waals surface area contributed by atoms with E-state index in [1.54, 1.807) is 14.2 Å². The molecule has 0 heterocycles. The van der Waals surface area contributed by atoms with Crippen LogP contribution in [0.5, 0.6) is 11.5 Å². The van der Waals surface area contributed by atoms with E-state index >= 15 is 0 Å². The zero-order valence-corrected chi connectivity index (χ0v) is 14.3. The van der Waals surface area contributed by atoms with Crippen molar-refractivity contribution in [3.05, 3.63) is 22.2 Å². The van der Waals surface area contributed by atoms with Crippen molar-refractivity contribution in [1.29, 1.82) is 0 Å². The molecule has 0 spiro atoms. The zero-order valence-electron chi connectivity index (χ0n) is 12.7. The second kappa shape index (κ2) is 5.94. The van der Waals surface area contributed by atoms with E-state index in [0.717, 1.165) is 34.4 Å². The van der Waals surface area contributed by atoms with Gasteiger partial charge in [-0.05, 0) is 46.3 Å². The molecule has 112 valence electrons. The summed E-state index contributed by atoms with van der Waals surface area (Å²) < 4.78 is 11.8. The van der Waals surface area contributed by atoms with Crippen molar-refractivity contribution in [2.24, 2.45) is 17.6 Å². The summed E-state index contributed by atoms with van der Waals surface area (Å²) in [6, 6.07) is 4.01. The van der Waals surface area contributed by atoms with Crippen molar-refractivity contribution in [3.8, 4) is 11.5 Å². The van der Waals surface area contributed by atoms with Crippen LogP contribution in [0.15, 0.2) is 16.6 Å². The van der Waals surface area contributed by atoms with Gasteiger partial charge in [-0.25, -0.2) is 0 Å². The molecular weight excluding hydrogens is 318 g/mol. The van der Waals surface area contributed by atoms with Crippen molar-refractivity contribution in [3.63, 3.8) is 0 Å². The minimum absolute atomic E-state index is 0.336. The first-order valence-corrected chi connectivity index (χ1v) is 7.94. The number of methoxy groups -OCH3 is 2. The predicted molar refractivity (Wildman–Crippen MR) is 85.3 cm³/mol. The second-order valence-corrected chi connectivity index (χ2v) is 6.65. The molecular formula is C16H24BrNO2. The van der Waals surface area contributed by atoms with Gasteiger partial charge in [-0.2, -0.15) is 0 Å². The van der Waals surface area contributed by atoms with Crippen LogP contribution in [0.2, 0.25) is 0 Å². The van der Waals surface area contributed by atoms with Crippen molar-refractivity contribution >= 4 is 15.9 Å². The van der Waals surface area contributed by atoms with E-state index in [-0.39, 0.29) is 5.54 Å². The van der Waals surface area contributed by atoms with Crippen LogP contribution < -0.4 is 15.2 Å². The first-order valence-electron chi connectivity index (χ1n) is 7.15. The van der Waals surface area contributed by atoms with Gasteiger partial charge < -0.3 is 15.2 Å². The lowest BCUT2D eigenvalue weighted by Crippen LogP contribution is -2.48. The molecule has 2 rings (SSSR count). The normalized spacial score (nSPS) is 30.1. The summed E-state index contributed by atoms with van der Waals surface area (Å²) in [5, 5.41) is 0. The Labute approximate surface area is 130 Å². The maximum atomic E-state index is 6.81. The van der Waals surface area contributed by atoms with Crippen LogP contribution >= 0.6 is 15.9 Å². The summed E-state index contributed by atoms with van der Waals surface area (Å²) in [4.78, 5) is 0. The molecule has 1 saturated carbocycles. The SMILES string of the molecule is COc1ccc(C2(N)CCCC(C)C2C)c(OC)c1Br. The van der Waals surface area contributed by atoms with Gasteiger partial charge in [0, 0.05) is 11.1 Å². The molecule has 1 fully saturated rings. The Morgan fingerprint density at radius 1 is 1.25 bits per heavy atom. The van der Waals surface area contributed by atoms with Gasteiger partial charge >= 0.3 is 0 Å². The Kier molecular flexibility index (Phi) is 4.65. The monoisotopic (exact) mass is 341 g/mol. The van der Waals surface area contributed by atoms with E-state index in [4.69, 9.17) is 15.2 Å². The molecule has 0 radical (unpaired) electrons. The minimum atomic E-state index is -0.336. The molecule has 1 aromatic carbocycles. The highest BCUT2D eigenvalue weighted by Gasteiger charge is 2.42. The fraction of sp³-hybridized carbons (Fsp3) is 0.625. The molecule has 4 heteroatoms. The van der Waals surface area contributed by atoms with Crippen molar-refractivity contribution < 1.29 is 9.47 Å². The smallest absolute Gasteiger partial charge is 0.141 e. The molecule has 0 aromatic heterocycles. The van der Waals surface area contributed by atoms with Crippen LogP contribution in [0.4, 0.5) is 0 Å². The van der Waals surface area contributed by atoms with Gasteiger partial charge in [0.25, 0.3) is 0 Å². The molecule has 0 aliphatic heterocycles. The van der Waals surface area contributed by atoms with E-state index in [1.165, 1.54) is 6.42 Å². The van der Waals surface area contributed by atoms with Crippen LogP contribution in [0.25, 0.3) is 0 Å². The van der Waals surface area contributed by atoms with E-state index in [2.05, 4.69) is 35.8 Å². The summed E-state index contributed by atoms with van der Waals surface area (Å²) in [5.74, 6) is 2.61. The molecule has 0 amide bonds. The highest BCUT2D eigenvalue weighted by molar-refractivity contribution is 9.10. The molecule has 0 bridgehead atoms. The van der Waals surface area contributed by atoms with Gasteiger partial charge in [0.2, 0.25) is 0 Å². The number of benzene rings is 1. The van der Waals surface area contributed by atoms with E-state index in [1.807, 2.05) is 6.07 Å². The molecule has 3 atom stereocenters. The van der Waals surface area contributed by atoms with Crippen LogP contribution in [0, 0.1) is 11.8 Å². The number of halogens is 1. The highest BCUT2D eigenvalue weighted by Crippen LogP contribution is 2.48. The van der Waals surface area contributed by atoms with Gasteiger partial charge in [0.1, 0.15) is 16.0 Å². The lowest BCUT2D eigenvalue weighted by Gasteiger charge is -2.44.